The zero-order chi connectivity index (χ0) is 15.1. The van der Waals surface area contributed by atoms with Gasteiger partial charge in [-0.15, -0.1) is 0 Å². The molecule has 0 bridgehead atoms. The van der Waals surface area contributed by atoms with Gasteiger partial charge >= 0.3 is 0 Å². The van der Waals surface area contributed by atoms with Gasteiger partial charge in [0.2, 0.25) is 5.91 Å². The molecule has 2 aliphatic heterocycles. The molecule has 4 heteroatoms. The number of nitrogens with zero attached hydrogens (tertiary/aromatic N) is 1. The second-order valence-electron chi connectivity index (χ2n) is 6.51. The number of allylic oxidation sites excluding steroid dienone is 1. The van der Waals surface area contributed by atoms with E-state index in [9.17, 15) is 4.79 Å². The van der Waals surface area contributed by atoms with E-state index in [1.807, 2.05) is 0 Å². The standard InChI is InChI=1S/C17H30N2O2/c1-3-14(2)12-19-8-4-5-15(13-19)11-18-17(20)16-6-9-21-10-7-16/h3,15-16H,4-13H2,1-2H3,(H,18,20)/b14-3+/t15-/m1/s1. The summed E-state index contributed by atoms with van der Waals surface area (Å²) in [4.78, 5) is 14.7. The van der Waals surface area contributed by atoms with Crippen LogP contribution in [0.3, 0.4) is 0 Å². The lowest BCUT2D eigenvalue weighted by atomic mass is 9.96. The summed E-state index contributed by atoms with van der Waals surface area (Å²) in [5, 5.41) is 3.17. The van der Waals surface area contributed by atoms with Gasteiger partial charge in [0.25, 0.3) is 0 Å². The number of carbonyl (C=O) groups excluding carboxylic acids is 1. The minimum atomic E-state index is 0.170. The van der Waals surface area contributed by atoms with Crippen LogP contribution in [-0.2, 0) is 9.53 Å². The molecule has 0 aromatic carbocycles. The molecule has 4 nitrogen and oxygen atoms in total. The van der Waals surface area contributed by atoms with Crippen molar-refractivity contribution in [2.24, 2.45) is 11.8 Å². The van der Waals surface area contributed by atoms with Gasteiger partial charge in [-0.1, -0.05) is 11.6 Å². The zero-order valence-corrected chi connectivity index (χ0v) is 13.6. The molecule has 0 spiro atoms. The topological polar surface area (TPSA) is 41.6 Å². The lowest BCUT2D eigenvalue weighted by Crippen LogP contribution is -2.43. The van der Waals surface area contributed by atoms with Crippen molar-refractivity contribution < 1.29 is 9.53 Å². The first-order valence-electron chi connectivity index (χ1n) is 8.38. The fourth-order valence-corrected chi connectivity index (χ4v) is 3.25. The third kappa shape index (κ3) is 5.44. The highest BCUT2D eigenvalue weighted by molar-refractivity contribution is 5.78. The number of likely N-dealkylation sites (tertiary alicyclic amines) is 1. The predicted octanol–water partition coefficient (Wildman–Crippen LogP) is 2.21. The van der Waals surface area contributed by atoms with E-state index in [-0.39, 0.29) is 11.8 Å². The Balaban J connectivity index is 1.71. The first kappa shape index (κ1) is 16.5. The van der Waals surface area contributed by atoms with Crippen molar-refractivity contribution in [1.82, 2.24) is 10.2 Å². The van der Waals surface area contributed by atoms with Crippen LogP contribution in [-0.4, -0.2) is 50.2 Å². The van der Waals surface area contributed by atoms with Gasteiger partial charge in [-0.05, 0) is 52.0 Å². The van der Waals surface area contributed by atoms with Crippen molar-refractivity contribution in [2.45, 2.75) is 39.5 Å². The van der Waals surface area contributed by atoms with Crippen LogP contribution >= 0.6 is 0 Å². The average Bonchev–Trinajstić information content (AvgIpc) is 2.53. The van der Waals surface area contributed by atoms with E-state index >= 15 is 0 Å². The molecule has 2 saturated heterocycles. The maximum Gasteiger partial charge on any atom is 0.223 e. The Morgan fingerprint density at radius 1 is 1.33 bits per heavy atom. The van der Waals surface area contributed by atoms with Gasteiger partial charge in [-0.2, -0.15) is 0 Å². The average molecular weight is 294 g/mol. The Morgan fingerprint density at radius 2 is 2.10 bits per heavy atom. The Kier molecular flexibility index (Phi) is 6.71. The molecule has 2 fully saturated rings. The molecule has 2 heterocycles. The number of ether oxygens (including phenoxy) is 1. The molecule has 1 N–H and O–H groups in total. The summed E-state index contributed by atoms with van der Waals surface area (Å²) in [5.41, 5.74) is 1.43. The monoisotopic (exact) mass is 294 g/mol. The molecule has 0 unspecified atom stereocenters. The highest BCUT2D eigenvalue weighted by Crippen LogP contribution is 2.18. The van der Waals surface area contributed by atoms with Crippen molar-refractivity contribution in [3.8, 4) is 0 Å². The Labute approximate surface area is 128 Å². The van der Waals surface area contributed by atoms with E-state index in [4.69, 9.17) is 4.74 Å². The summed E-state index contributed by atoms with van der Waals surface area (Å²) in [6.07, 6.45) is 6.43. The Hall–Kier alpha value is -0.870. The first-order chi connectivity index (χ1) is 10.2. The van der Waals surface area contributed by atoms with Crippen molar-refractivity contribution >= 4 is 5.91 Å². The van der Waals surface area contributed by atoms with Crippen LogP contribution in [0.4, 0.5) is 0 Å². The molecule has 0 saturated carbocycles. The number of rotatable bonds is 5. The number of carbonyl (C=O) groups is 1. The summed E-state index contributed by atoms with van der Waals surface area (Å²) in [7, 11) is 0. The van der Waals surface area contributed by atoms with Crippen molar-refractivity contribution in [2.75, 3.05) is 39.4 Å². The SMILES string of the molecule is C/C=C(\C)CN1CCC[C@H](CNC(=O)C2CCOCC2)C1. The molecule has 2 aliphatic rings. The summed E-state index contributed by atoms with van der Waals surface area (Å²) < 4.78 is 5.31. The molecule has 1 atom stereocenters. The summed E-state index contributed by atoms with van der Waals surface area (Å²) >= 11 is 0. The molecule has 1 amide bonds. The number of piperidine rings is 1. The number of hydrogen-bond acceptors (Lipinski definition) is 3. The summed E-state index contributed by atoms with van der Waals surface area (Å²) in [6.45, 7) is 9.97. The second kappa shape index (κ2) is 8.54. The molecule has 0 aromatic rings. The van der Waals surface area contributed by atoms with Crippen LogP contribution < -0.4 is 5.32 Å². The van der Waals surface area contributed by atoms with Crippen molar-refractivity contribution in [3.05, 3.63) is 11.6 Å². The molecular formula is C17H30N2O2. The summed E-state index contributed by atoms with van der Waals surface area (Å²) in [5.74, 6) is 1.01. The van der Waals surface area contributed by atoms with Gasteiger partial charge in [0.05, 0.1) is 0 Å². The molecule has 21 heavy (non-hydrogen) atoms. The molecule has 0 aliphatic carbocycles. The minimum absolute atomic E-state index is 0.170. The molecular weight excluding hydrogens is 264 g/mol. The van der Waals surface area contributed by atoms with Gasteiger partial charge in [0.1, 0.15) is 0 Å². The maximum atomic E-state index is 12.2. The maximum absolute atomic E-state index is 12.2. The second-order valence-corrected chi connectivity index (χ2v) is 6.51. The normalized spacial score (nSPS) is 25.8. The van der Waals surface area contributed by atoms with E-state index < -0.39 is 0 Å². The van der Waals surface area contributed by atoms with Crippen molar-refractivity contribution in [1.29, 1.82) is 0 Å². The Bertz CT molecular complexity index is 362. The zero-order valence-electron chi connectivity index (χ0n) is 13.6. The van der Waals surface area contributed by atoms with E-state index in [1.165, 1.54) is 25.0 Å². The van der Waals surface area contributed by atoms with Crippen LogP contribution in [0.15, 0.2) is 11.6 Å². The lowest BCUT2D eigenvalue weighted by Gasteiger charge is -2.33. The van der Waals surface area contributed by atoms with Crippen LogP contribution in [0.25, 0.3) is 0 Å². The van der Waals surface area contributed by atoms with E-state index in [0.29, 0.717) is 5.92 Å². The van der Waals surface area contributed by atoms with Crippen molar-refractivity contribution in [3.63, 3.8) is 0 Å². The van der Waals surface area contributed by atoms with E-state index in [0.717, 1.165) is 45.7 Å². The van der Waals surface area contributed by atoms with Gasteiger partial charge in [-0.3, -0.25) is 9.69 Å². The lowest BCUT2D eigenvalue weighted by molar-refractivity contribution is -0.128. The van der Waals surface area contributed by atoms with Crippen LogP contribution in [0.1, 0.15) is 39.5 Å². The third-order valence-corrected chi connectivity index (χ3v) is 4.73. The minimum Gasteiger partial charge on any atom is -0.381 e. The van der Waals surface area contributed by atoms with Crippen LogP contribution in [0.2, 0.25) is 0 Å². The highest BCUT2D eigenvalue weighted by Gasteiger charge is 2.24. The number of amides is 1. The highest BCUT2D eigenvalue weighted by atomic mass is 16.5. The van der Waals surface area contributed by atoms with Gasteiger partial charge in [-0.25, -0.2) is 0 Å². The van der Waals surface area contributed by atoms with Crippen LogP contribution in [0.5, 0.6) is 0 Å². The summed E-state index contributed by atoms with van der Waals surface area (Å²) in [6, 6.07) is 0. The molecule has 0 aromatic heterocycles. The largest absolute Gasteiger partial charge is 0.381 e. The quantitative estimate of drug-likeness (QED) is 0.791. The number of hydrogen-bond donors (Lipinski definition) is 1. The fraction of sp³-hybridized carbons (Fsp3) is 0.824. The third-order valence-electron chi connectivity index (χ3n) is 4.73. The first-order valence-corrected chi connectivity index (χ1v) is 8.38. The molecule has 0 radical (unpaired) electrons. The van der Waals surface area contributed by atoms with E-state index in [1.54, 1.807) is 0 Å². The van der Waals surface area contributed by atoms with Gasteiger partial charge < -0.3 is 10.1 Å². The van der Waals surface area contributed by atoms with Crippen LogP contribution in [0, 0.1) is 11.8 Å². The number of nitrogens with one attached hydrogen (secondary N) is 1. The fourth-order valence-electron chi connectivity index (χ4n) is 3.25. The smallest absolute Gasteiger partial charge is 0.223 e. The predicted molar refractivity (Wildman–Crippen MR) is 85.1 cm³/mol. The van der Waals surface area contributed by atoms with E-state index in [2.05, 4.69) is 30.1 Å². The van der Waals surface area contributed by atoms with Gasteiger partial charge in [0.15, 0.2) is 0 Å². The molecule has 120 valence electrons. The molecule has 2 rings (SSSR count). The van der Waals surface area contributed by atoms with Gasteiger partial charge in [0, 0.05) is 38.8 Å². The Morgan fingerprint density at radius 3 is 2.81 bits per heavy atom.